The number of anilines is 1. The molecule has 0 saturated carbocycles. The molecule has 0 saturated heterocycles. The Morgan fingerprint density at radius 1 is 0.800 bits per heavy atom. The minimum atomic E-state index is -0.562. The molecular weight excluding hydrogens is 423 g/mol. The summed E-state index contributed by atoms with van der Waals surface area (Å²) < 4.78 is 5.36. The van der Waals surface area contributed by atoms with Crippen LogP contribution in [0.3, 0.4) is 0 Å². The number of aromatic nitrogens is 1. The Morgan fingerprint density at radius 2 is 1.40 bits per heavy atom. The van der Waals surface area contributed by atoms with Gasteiger partial charge in [-0.15, -0.1) is 0 Å². The van der Waals surface area contributed by atoms with Crippen LogP contribution in [-0.4, -0.2) is 16.8 Å². The molecule has 0 spiro atoms. The molecule has 0 unspecified atom stereocenters. The molecule has 1 aromatic heterocycles. The SMILES string of the molecule is O=C(c1ccccc1)c1onc(-c2c(Cl)cccc2Cl)c1C(=O)Nc1ccccc1. The molecule has 148 valence electrons. The maximum Gasteiger partial charge on any atom is 0.262 e. The molecule has 4 rings (SSSR count). The molecule has 1 heterocycles. The number of para-hydroxylation sites is 1. The predicted octanol–water partition coefficient (Wildman–Crippen LogP) is 6.13. The fourth-order valence-corrected chi connectivity index (χ4v) is 3.56. The van der Waals surface area contributed by atoms with Gasteiger partial charge in [0.2, 0.25) is 11.5 Å². The van der Waals surface area contributed by atoms with Crippen LogP contribution in [0.5, 0.6) is 0 Å². The molecule has 0 radical (unpaired) electrons. The largest absolute Gasteiger partial charge is 0.351 e. The summed E-state index contributed by atoms with van der Waals surface area (Å²) in [6, 6.07) is 22.3. The molecule has 0 bridgehead atoms. The number of amides is 1. The van der Waals surface area contributed by atoms with Gasteiger partial charge in [0.25, 0.3) is 5.91 Å². The number of rotatable bonds is 5. The summed E-state index contributed by atoms with van der Waals surface area (Å²) in [4.78, 5) is 26.3. The highest BCUT2D eigenvalue weighted by atomic mass is 35.5. The molecule has 0 fully saturated rings. The fraction of sp³-hybridized carbons (Fsp3) is 0. The van der Waals surface area contributed by atoms with Gasteiger partial charge in [0.1, 0.15) is 11.3 Å². The first-order valence-electron chi connectivity index (χ1n) is 8.96. The van der Waals surface area contributed by atoms with Gasteiger partial charge in [0, 0.05) is 16.8 Å². The third kappa shape index (κ3) is 3.85. The maximum atomic E-state index is 13.2. The van der Waals surface area contributed by atoms with E-state index in [1.54, 1.807) is 72.8 Å². The molecule has 5 nitrogen and oxygen atoms in total. The molecule has 0 aliphatic rings. The van der Waals surface area contributed by atoms with E-state index in [0.29, 0.717) is 16.8 Å². The van der Waals surface area contributed by atoms with Crippen LogP contribution in [0, 0.1) is 0 Å². The Balaban J connectivity index is 1.86. The molecule has 1 N–H and O–H groups in total. The molecule has 4 aromatic rings. The smallest absolute Gasteiger partial charge is 0.262 e. The zero-order valence-corrected chi connectivity index (χ0v) is 16.9. The number of hydrogen-bond donors (Lipinski definition) is 1. The molecule has 0 aliphatic carbocycles. The fourth-order valence-electron chi connectivity index (χ4n) is 2.99. The Morgan fingerprint density at radius 3 is 2.03 bits per heavy atom. The number of halogens is 2. The lowest BCUT2D eigenvalue weighted by Gasteiger charge is -2.08. The van der Waals surface area contributed by atoms with E-state index in [1.165, 1.54) is 0 Å². The van der Waals surface area contributed by atoms with Gasteiger partial charge in [-0.1, -0.05) is 83.0 Å². The van der Waals surface area contributed by atoms with Crippen molar-refractivity contribution < 1.29 is 14.1 Å². The predicted molar refractivity (Wildman–Crippen MR) is 116 cm³/mol. The third-order valence-electron chi connectivity index (χ3n) is 4.39. The number of ketones is 1. The van der Waals surface area contributed by atoms with Crippen LogP contribution in [0.15, 0.2) is 83.4 Å². The number of nitrogens with one attached hydrogen (secondary N) is 1. The topological polar surface area (TPSA) is 72.2 Å². The quantitative estimate of drug-likeness (QED) is 0.381. The number of carbonyl (C=O) groups excluding carboxylic acids is 2. The van der Waals surface area contributed by atoms with Crippen molar-refractivity contribution in [1.82, 2.24) is 5.16 Å². The summed E-state index contributed by atoms with van der Waals surface area (Å²) in [6.07, 6.45) is 0. The first-order chi connectivity index (χ1) is 14.6. The van der Waals surface area contributed by atoms with Crippen LogP contribution in [0.25, 0.3) is 11.3 Å². The van der Waals surface area contributed by atoms with Gasteiger partial charge in [-0.3, -0.25) is 9.59 Å². The molecule has 30 heavy (non-hydrogen) atoms. The lowest BCUT2D eigenvalue weighted by atomic mass is 10.0. The van der Waals surface area contributed by atoms with Gasteiger partial charge >= 0.3 is 0 Å². The highest BCUT2D eigenvalue weighted by Gasteiger charge is 2.31. The van der Waals surface area contributed by atoms with Crippen molar-refractivity contribution in [2.24, 2.45) is 0 Å². The van der Waals surface area contributed by atoms with Crippen LogP contribution in [0.4, 0.5) is 5.69 Å². The van der Waals surface area contributed by atoms with E-state index in [-0.39, 0.29) is 27.1 Å². The summed E-state index contributed by atoms with van der Waals surface area (Å²) in [6.45, 7) is 0. The van der Waals surface area contributed by atoms with Gasteiger partial charge in [0.15, 0.2) is 0 Å². The third-order valence-corrected chi connectivity index (χ3v) is 5.02. The zero-order chi connectivity index (χ0) is 21.1. The normalized spacial score (nSPS) is 10.6. The summed E-state index contributed by atoms with van der Waals surface area (Å²) in [5.74, 6) is -1.23. The van der Waals surface area contributed by atoms with E-state index in [0.717, 1.165) is 0 Å². The number of benzene rings is 3. The van der Waals surface area contributed by atoms with E-state index >= 15 is 0 Å². The monoisotopic (exact) mass is 436 g/mol. The second kappa shape index (κ2) is 8.53. The molecular formula is C23H14Cl2N2O3. The molecule has 7 heteroatoms. The Kier molecular flexibility index (Phi) is 5.65. The van der Waals surface area contributed by atoms with Gasteiger partial charge in [0.05, 0.1) is 10.0 Å². The summed E-state index contributed by atoms with van der Waals surface area (Å²) >= 11 is 12.6. The standard InChI is InChI=1S/C23H14Cl2N2O3/c24-16-12-7-13-17(25)18(16)20-19(23(29)26-15-10-5-2-6-11-15)22(30-27-20)21(28)14-8-3-1-4-9-14/h1-13H,(H,26,29). The van der Waals surface area contributed by atoms with Crippen LogP contribution in [-0.2, 0) is 0 Å². The van der Waals surface area contributed by atoms with Crippen LogP contribution in [0.2, 0.25) is 10.0 Å². The Labute approximate surface area is 182 Å². The minimum absolute atomic E-state index is 0.0392. The van der Waals surface area contributed by atoms with Crippen molar-refractivity contribution >= 4 is 40.6 Å². The van der Waals surface area contributed by atoms with E-state index < -0.39 is 11.7 Å². The number of nitrogens with zero attached hydrogens (tertiary/aromatic N) is 1. The zero-order valence-electron chi connectivity index (χ0n) is 15.4. The minimum Gasteiger partial charge on any atom is -0.351 e. The average Bonchev–Trinajstić information content (AvgIpc) is 3.19. The van der Waals surface area contributed by atoms with Crippen molar-refractivity contribution in [2.75, 3.05) is 5.32 Å². The van der Waals surface area contributed by atoms with Crippen molar-refractivity contribution in [2.45, 2.75) is 0 Å². The van der Waals surface area contributed by atoms with Crippen molar-refractivity contribution in [3.05, 3.63) is 106 Å². The summed E-state index contributed by atoms with van der Waals surface area (Å²) in [5.41, 5.74) is 1.29. The van der Waals surface area contributed by atoms with Crippen LogP contribution >= 0.6 is 23.2 Å². The molecule has 3 aromatic carbocycles. The first-order valence-corrected chi connectivity index (χ1v) is 9.72. The van der Waals surface area contributed by atoms with Crippen molar-refractivity contribution in [3.63, 3.8) is 0 Å². The highest BCUT2D eigenvalue weighted by molar-refractivity contribution is 6.39. The van der Waals surface area contributed by atoms with Crippen LogP contribution in [0.1, 0.15) is 26.5 Å². The lowest BCUT2D eigenvalue weighted by Crippen LogP contribution is -2.16. The molecule has 1 amide bonds. The van der Waals surface area contributed by atoms with Crippen molar-refractivity contribution in [3.8, 4) is 11.3 Å². The van der Waals surface area contributed by atoms with Gasteiger partial charge < -0.3 is 9.84 Å². The van der Waals surface area contributed by atoms with E-state index in [1.807, 2.05) is 6.07 Å². The summed E-state index contributed by atoms with van der Waals surface area (Å²) in [7, 11) is 0. The highest BCUT2D eigenvalue weighted by Crippen LogP contribution is 2.37. The molecule has 0 atom stereocenters. The first kappa shape index (κ1) is 19.9. The van der Waals surface area contributed by atoms with E-state index in [9.17, 15) is 9.59 Å². The second-order valence-electron chi connectivity index (χ2n) is 6.35. The number of carbonyl (C=O) groups is 2. The van der Waals surface area contributed by atoms with Gasteiger partial charge in [-0.2, -0.15) is 0 Å². The maximum absolute atomic E-state index is 13.2. The lowest BCUT2D eigenvalue weighted by molar-refractivity contribution is 0.0974. The molecule has 0 aliphatic heterocycles. The number of hydrogen-bond acceptors (Lipinski definition) is 4. The van der Waals surface area contributed by atoms with Crippen LogP contribution < -0.4 is 5.32 Å². The average molecular weight is 437 g/mol. The van der Waals surface area contributed by atoms with Gasteiger partial charge in [-0.25, -0.2) is 0 Å². The Bertz CT molecular complexity index is 1200. The van der Waals surface area contributed by atoms with E-state index in [4.69, 9.17) is 27.7 Å². The van der Waals surface area contributed by atoms with Crippen molar-refractivity contribution in [1.29, 1.82) is 0 Å². The van der Waals surface area contributed by atoms with Gasteiger partial charge in [-0.05, 0) is 24.3 Å². The second-order valence-corrected chi connectivity index (χ2v) is 7.16. The Hall–Kier alpha value is -3.41. The summed E-state index contributed by atoms with van der Waals surface area (Å²) in [5, 5.41) is 7.32. The van der Waals surface area contributed by atoms with E-state index in [2.05, 4.69) is 10.5 Å².